The molecule has 0 bridgehead atoms. The highest BCUT2D eigenvalue weighted by Crippen LogP contribution is 2.03. The molecule has 3 N–H and O–H groups in total. The number of aliphatic hydroxyl groups is 1. The van der Waals surface area contributed by atoms with E-state index in [0.717, 1.165) is 5.56 Å². The molecule has 0 saturated heterocycles. The summed E-state index contributed by atoms with van der Waals surface area (Å²) in [4.78, 5) is 22.7. The fourth-order valence-electron chi connectivity index (χ4n) is 1.76. The van der Waals surface area contributed by atoms with Gasteiger partial charge in [-0.1, -0.05) is 30.3 Å². The molecule has 1 unspecified atom stereocenters. The molecule has 0 aliphatic heterocycles. The third kappa shape index (κ3) is 5.52. The lowest BCUT2D eigenvalue weighted by molar-refractivity contribution is -0.128. The van der Waals surface area contributed by atoms with Crippen LogP contribution in [0.25, 0.3) is 0 Å². The Bertz CT molecular complexity index is 420. The zero-order valence-electron chi connectivity index (χ0n) is 11.2. The van der Waals surface area contributed by atoms with Crippen molar-refractivity contribution in [3.63, 3.8) is 0 Å². The SMILES string of the molecule is CC(=O)NC(C)C(=O)N[C@H](CO)Cc1ccccc1. The van der Waals surface area contributed by atoms with Crippen molar-refractivity contribution in [3.05, 3.63) is 35.9 Å². The summed E-state index contributed by atoms with van der Waals surface area (Å²) in [6.07, 6.45) is 0.551. The van der Waals surface area contributed by atoms with Gasteiger partial charge in [0.1, 0.15) is 6.04 Å². The number of rotatable bonds is 6. The summed E-state index contributed by atoms with van der Waals surface area (Å²) in [6.45, 7) is 2.82. The van der Waals surface area contributed by atoms with Crippen LogP contribution in [0.1, 0.15) is 19.4 Å². The van der Waals surface area contributed by atoms with Crippen molar-refractivity contribution in [3.8, 4) is 0 Å². The summed E-state index contributed by atoms with van der Waals surface area (Å²) >= 11 is 0. The molecule has 2 atom stereocenters. The van der Waals surface area contributed by atoms with Crippen molar-refractivity contribution in [2.75, 3.05) is 6.61 Å². The standard InChI is InChI=1S/C14H20N2O3/c1-10(15-11(2)18)14(19)16-13(9-17)8-12-6-4-3-5-7-12/h3-7,10,13,17H,8-9H2,1-2H3,(H,15,18)(H,16,19)/t10?,13-/m0/s1. The molecule has 0 saturated carbocycles. The van der Waals surface area contributed by atoms with Crippen molar-refractivity contribution >= 4 is 11.8 Å². The van der Waals surface area contributed by atoms with Gasteiger partial charge >= 0.3 is 0 Å². The zero-order chi connectivity index (χ0) is 14.3. The molecule has 2 amide bonds. The maximum Gasteiger partial charge on any atom is 0.242 e. The third-order valence-electron chi connectivity index (χ3n) is 2.70. The molecule has 0 spiro atoms. The molecular weight excluding hydrogens is 244 g/mol. The van der Waals surface area contributed by atoms with Crippen molar-refractivity contribution in [1.29, 1.82) is 0 Å². The van der Waals surface area contributed by atoms with Gasteiger partial charge in [0.25, 0.3) is 0 Å². The number of hydrogen-bond acceptors (Lipinski definition) is 3. The highest BCUT2D eigenvalue weighted by atomic mass is 16.3. The third-order valence-corrected chi connectivity index (χ3v) is 2.70. The van der Waals surface area contributed by atoms with Crippen LogP contribution in [0.5, 0.6) is 0 Å². The number of benzene rings is 1. The molecule has 0 fully saturated rings. The fourth-order valence-corrected chi connectivity index (χ4v) is 1.76. The Morgan fingerprint density at radius 2 is 1.84 bits per heavy atom. The van der Waals surface area contributed by atoms with E-state index in [2.05, 4.69) is 10.6 Å². The first kappa shape index (κ1) is 15.2. The summed E-state index contributed by atoms with van der Waals surface area (Å²) < 4.78 is 0. The van der Waals surface area contributed by atoms with E-state index in [4.69, 9.17) is 0 Å². The maximum absolute atomic E-state index is 11.8. The largest absolute Gasteiger partial charge is 0.394 e. The molecule has 5 nitrogen and oxygen atoms in total. The molecule has 19 heavy (non-hydrogen) atoms. The number of amides is 2. The van der Waals surface area contributed by atoms with E-state index in [1.807, 2.05) is 30.3 Å². The lowest BCUT2D eigenvalue weighted by Crippen LogP contribution is -2.49. The van der Waals surface area contributed by atoms with Gasteiger partial charge < -0.3 is 15.7 Å². The van der Waals surface area contributed by atoms with Gasteiger partial charge in [0.05, 0.1) is 12.6 Å². The lowest BCUT2D eigenvalue weighted by Gasteiger charge is -2.19. The summed E-state index contributed by atoms with van der Waals surface area (Å²) in [7, 11) is 0. The minimum atomic E-state index is -0.609. The van der Waals surface area contributed by atoms with Gasteiger partial charge in [-0.05, 0) is 18.9 Å². The van der Waals surface area contributed by atoms with Crippen LogP contribution in [-0.2, 0) is 16.0 Å². The van der Waals surface area contributed by atoms with Gasteiger partial charge in [-0.2, -0.15) is 0 Å². The Kier molecular flexibility index (Phi) is 6.02. The first-order valence-electron chi connectivity index (χ1n) is 6.25. The quantitative estimate of drug-likeness (QED) is 0.688. The van der Waals surface area contributed by atoms with E-state index >= 15 is 0 Å². The normalized spacial score (nSPS) is 13.4. The molecule has 5 heteroatoms. The van der Waals surface area contributed by atoms with Crippen LogP contribution in [0.4, 0.5) is 0 Å². The van der Waals surface area contributed by atoms with Gasteiger partial charge in [0, 0.05) is 6.92 Å². The van der Waals surface area contributed by atoms with Crippen LogP contribution in [0.15, 0.2) is 30.3 Å². The molecular formula is C14H20N2O3. The first-order valence-corrected chi connectivity index (χ1v) is 6.25. The molecule has 0 aromatic heterocycles. The molecule has 0 aliphatic carbocycles. The lowest BCUT2D eigenvalue weighted by atomic mass is 10.1. The summed E-state index contributed by atoms with van der Waals surface area (Å²) in [5.41, 5.74) is 1.04. The topological polar surface area (TPSA) is 78.4 Å². The van der Waals surface area contributed by atoms with Crippen LogP contribution in [0, 0.1) is 0 Å². The highest BCUT2D eigenvalue weighted by molar-refractivity contribution is 5.86. The van der Waals surface area contributed by atoms with Crippen LogP contribution in [-0.4, -0.2) is 35.6 Å². The number of hydrogen-bond donors (Lipinski definition) is 3. The maximum atomic E-state index is 11.8. The van der Waals surface area contributed by atoms with E-state index < -0.39 is 6.04 Å². The summed E-state index contributed by atoms with van der Waals surface area (Å²) in [6, 6.07) is 8.64. The van der Waals surface area contributed by atoms with E-state index in [1.165, 1.54) is 6.92 Å². The summed E-state index contributed by atoms with van der Waals surface area (Å²) in [5, 5.41) is 14.5. The molecule has 1 aromatic rings. The molecule has 0 heterocycles. The minimum Gasteiger partial charge on any atom is -0.394 e. The van der Waals surface area contributed by atoms with Gasteiger partial charge in [-0.25, -0.2) is 0 Å². The van der Waals surface area contributed by atoms with Crippen LogP contribution in [0.3, 0.4) is 0 Å². The monoisotopic (exact) mass is 264 g/mol. The van der Waals surface area contributed by atoms with Crippen LogP contribution < -0.4 is 10.6 Å². The smallest absolute Gasteiger partial charge is 0.242 e. The second kappa shape index (κ2) is 7.53. The molecule has 0 radical (unpaired) electrons. The average Bonchev–Trinajstić information content (AvgIpc) is 2.38. The second-order valence-electron chi connectivity index (χ2n) is 4.50. The van der Waals surface area contributed by atoms with Crippen molar-refractivity contribution in [2.45, 2.75) is 32.4 Å². The number of nitrogens with one attached hydrogen (secondary N) is 2. The molecule has 1 rings (SSSR count). The van der Waals surface area contributed by atoms with Gasteiger partial charge in [0.2, 0.25) is 11.8 Å². The predicted octanol–water partition coefficient (Wildman–Crippen LogP) is 0.231. The van der Waals surface area contributed by atoms with Crippen molar-refractivity contribution < 1.29 is 14.7 Å². The molecule has 0 aliphatic rings. The number of aliphatic hydroxyl groups excluding tert-OH is 1. The minimum absolute atomic E-state index is 0.145. The number of carbonyl (C=O) groups is 2. The summed E-state index contributed by atoms with van der Waals surface area (Å²) in [5.74, 6) is -0.559. The van der Waals surface area contributed by atoms with Gasteiger partial charge in [-0.3, -0.25) is 9.59 Å². The Hall–Kier alpha value is -1.88. The Morgan fingerprint density at radius 1 is 1.21 bits per heavy atom. The molecule has 1 aromatic carbocycles. The Labute approximate surface area is 113 Å². The Balaban J connectivity index is 2.52. The molecule has 104 valence electrons. The number of carbonyl (C=O) groups excluding carboxylic acids is 2. The van der Waals surface area contributed by atoms with Crippen molar-refractivity contribution in [2.24, 2.45) is 0 Å². The van der Waals surface area contributed by atoms with E-state index in [9.17, 15) is 14.7 Å². The van der Waals surface area contributed by atoms with Gasteiger partial charge in [0.15, 0.2) is 0 Å². The van der Waals surface area contributed by atoms with E-state index in [-0.39, 0.29) is 24.5 Å². The van der Waals surface area contributed by atoms with Crippen LogP contribution in [0.2, 0.25) is 0 Å². The van der Waals surface area contributed by atoms with Crippen LogP contribution >= 0.6 is 0 Å². The second-order valence-corrected chi connectivity index (χ2v) is 4.50. The predicted molar refractivity (Wildman–Crippen MR) is 72.4 cm³/mol. The average molecular weight is 264 g/mol. The van der Waals surface area contributed by atoms with E-state index in [1.54, 1.807) is 6.92 Å². The van der Waals surface area contributed by atoms with Crippen molar-refractivity contribution in [1.82, 2.24) is 10.6 Å². The zero-order valence-corrected chi connectivity index (χ0v) is 11.2. The highest BCUT2D eigenvalue weighted by Gasteiger charge is 2.17. The fraction of sp³-hybridized carbons (Fsp3) is 0.429. The first-order chi connectivity index (χ1) is 9.02. The van der Waals surface area contributed by atoms with Gasteiger partial charge in [-0.15, -0.1) is 0 Å². The Morgan fingerprint density at radius 3 is 2.37 bits per heavy atom. The van der Waals surface area contributed by atoms with E-state index in [0.29, 0.717) is 6.42 Å².